The molecule has 2 N–H and O–H groups in total. The molecule has 3 rings (SSSR count). The molecule has 0 aromatic heterocycles. The van der Waals surface area contributed by atoms with Gasteiger partial charge in [-0.25, -0.2) is 14.4 Å². The van der Waals surface area contributed by atoms with Crippen LogP contribution in [-0.4, -0.2) is 83.6 Å². The van der Waals surface area contributed by atoms with Crippen molar-refractivity contribution in [3.05, 3.63) is 58.8 Å². The van der Waals surface area contributed by atoms with E-state index in [0.29, 0.717) is 42.5 Å². The standard InChI is InChI=1S/C27H38ClN5O4/c1-7-13-33-21(17-31-14-15-32(18(3)16-31)26(36)30-27(4,5)6)22(24(34)37-8-2)23(29-25(33)35)19-9-11-20(28)12-10-19/h7,9-12,18,23H,1,8,13-17H2,2-6H3,(H,29,35)(H,30,36). The largest absolute Gasteiger partial charge is 0.463 e. The number of rotatable bonds is 7. The molecule has 1 saturated heterocycles. The van der Waals surface area contributed by atoms with Crippen molar-refractivity contribution in [2.24, 2.45) is 0 Å². The fourth-order valence-electron chi connectivity index (χ4n) is 4.63. The SMILES string of the molecule is C=CCN1C(=O)NC(c2ccc(Cl)cc2)C(C(=O)OCC)=C1CN1CCN(C(=O)NC(C)(C)C)C(C)C1. The lowest BCUT2D eigenvalue weighted by Crippen LogP contribution is -2.59. The number of nitrogens with one attached hydrogen (secondary N) is 2. The highest BCUT2D eigenvalue weighted by atomic mass is 35.5. The second-order valence-electron chi connectivity index (χ2n) is 10.4. The molecule has 37 heavy (non-hydrogen) atoms. The molecule has 0 saturated carbocycles. The molecule has 2 heterocycles. The zero-order chi connectivity index (χ0) is 27.3. The van der Waals surface area contributed by atoms with E-state index in [9.17, 15) is 14.4 Å². The van der Waals surface area contributed by atoms with Crippen LogP contribution in [-0.2, 0) is 9.53 Å². The normalized spacial score (nSPS) is 21.0. The zero-order valence-corrected chi connectivity index (χ0v) is 23.1. The molecule has 9 nitrogen and oxygen atoms in total. The molecule has 0 bridgehead atoms. The van der Waals surface area contributed by atoms with E-state index in [0.717, 1.165) is 5.56 Å². The van der Waals surface area contributed by atoms with Gasteiger partial charge in [0.15, 0.2) is 0 Å². The Labute approximate surface area is 224 Å². The summed E-state index contributed by atoms with van der Waals surface area (Å²) < 4.78 is 5.45. The number of urea groups is 2. The second-order valence-corrected chi connectivity index (χ2v) is 10.8. The van der Waals surface area contributed by atoms with Crippen molar-refractivity contribution in [1.82, 2.24) is 25.3 Å². The van der Waals surface area contributed by atoms with Crippen LogP contribution in [0.5, 0.6) is 0 Å². The third-order valence-corrected chi connectivity index (χ3v) is 6.53. The average Bonchev–Trinajstić information content (AvgIpc) is 2.80. The molecule has 0 radical (unpaired) electrons. The summed E-state index contributed by atoms with van der Waals surface area (Å²) in [5, 5.41) is 6.54. The number of carbonyl (C=O) groups excluding carboxylic acids is 3. The second kappa shape index (κ2) is 12.0. The third kappa shape index (κ3) is 7.05. The van der Waals surface area contributed by atoms with Gasteiger partial charge >= 0.3 is 18.0 Å². The van der Waals surface area contributed by atoms with Gasteiger partial charge in [0.2, 0.25) is 0 Å². The van der Waals surface area contributed by atoms with Crippen molar-refractivity contribution in [3.8, 4) is 0 Å². The highest BCUT2D eigenvalue weighted by molar-refractivity contribution is 6.30. The molecular formula is C27H38ClN5O4. The number of benzene rings is 1. The topological polar surface area (TPSA) is 94.2 Å². The Morgan fingerprint density at radius 2 is 1.92 bits per heavy atom. The molecule has 0 spiro atoms. The fraction of sp³-hybridized carbons (Fsp3) is 0.519. The number of carbonyl (C=O) groups is 3. The Kier molecular flexibility index (Phi) is 9.26. The number of nitrogens with zero attached hydrogens (tertiary/aromatic N) is 3. The number of halogens is 1. The van der Waals surface area contributed by atoms with E-state index in [1.165, 1.54) is 4.90 Å². The summed E-state index contributed by atoms with van der Waals surface area (Å²) in [4.78, 5) is 44.8. The number of amides is 4. The van der Waals surface area contributed by atoms with E-state index >= 15 is 0 Å². The van der Waals surface area contributed by atoms with E-state index in [2.05, 4.69) is 22.1 Å². The minimum Gasteiger partial charge on any atom is -0.463 e. The van der Waals surface area contributed by atoms with Gasteiger partial charge in [0.1, 0.15) is 0 Å². The van der Waals surface area contributed by atoms with E-state index in [-0.39, 0.29) is 36.8 Å². The predicted molar refractivity (Wildman–Crippen MR) is 144 cm³/mol. The predicted octanol–water partition coefficient (Wildman–Crippen LogP) is 3.92. The van der Waals surface area contributed by atoms with Crippen LogP contribution < -0.4 is 10.6 Å². The fourth-order valence-corrected chi connectivity index (χ4v) is 4.76. The lowest BCUT2D eigenvalue weighted by Gasteiger charge is -2.43. The van der Waals surface area contributed by atoms with Gasteiger partial charge in [0, 0.05) is 55.0 Å². The molecular weight excluding hydrogens is 494 g/mol. The average molecular weight is 532 g/mol. The summed E-state index contributed by atoms with van der Waals surface area (Å²) >= 11 is 6.08. The van der Waals surface area contributed by atoms with Gasteiger partial charge in [-0.3, -0.25) is 9.80 Å². The van der Waals surface area contributed by atoms with E-state index in [1.54, 1.807) is 37.3 Å². The Morgan fingerprint density at radius 3 is 2.49 bits per heavy atom. The maximum atomic E-state index is 13.3. The summed E-state index contributed by atoms with van der Waals surface area (Å²) in [6.07, 6.45) is 1.63. The Morgan fingerprint density at radius 1 is 1.24 bits per heavy atom. The summed E-state index contributed by atoms with van der Waals surface area (Å²) in [5.41, 5.74) is 1.35. The summed E-state index contributed by atoms with van der Waals surface area (Å²) in [6, 6.07) is 5.88. The van der Waals surface area contributed by atoms with Gasteiger partial charge in [-0.15, -0.1) is 6.58 Å². The highest BCUT2D eigenvalue weighted by Crippen LogP contribution is 2.33. The Hall–Kier alpha value is -3.04. The smallest absolute Gasteiger partial charge is 0.338 e. The Bertz CT molecular complexity index is 1050. The summed E-state index contributed by atoms with van der Waals surface area (Å²) in [6.45, 7) is 15.9. The number of hydrogen-bond acceptors (Lipinski definition) is 5. The molecule has 1 aromatic rings. The van der Waals surface area contributed by atoms with Crippen LogP contribution in [0, 0.1) is 0 Å². The molecule has 1 aromatic carbocycles. The van der Waals surface area contributed by atoms with Gasteiger partial charge in [-0.05, 0) is 52.3 Å². The number of ether oxygens (including phenoxy) is 1. The van der Waals surface area contributed by atoms with Crippen molar-refractivity contribution in [2.75, 3.05) is 39.3 Å². The van der Waals surface area contributed by atoms with Crippen molar-refractivity contribution in [3.63, 3.8) is 0 Å². The monoisotopic (exact) mass is 531 g/mol. The number of piperazine rings is 1. The highest BCUT2D eigenvalue weighted by Gasteiger charge is 2.39. The van der Waals surface area contributed by atoms with Gasteiger partial charge in [0.25, 0.3) is 0 Å². The molecule has 1 fully saturated rings. The summed E-state index contributed by atoms with van der Waals surface area (Å²) in [5.74, 6) is -0.484. The molecule has 2 atom stereocenters. The van der Waals surface area contributed by atoms with Gasteiger partial charge in [-0.1, -0.05) is 29.8 Å². The van der Waals surface area contributed by atoms with Crippen LogP contribution in [0.2, 0.25) is 5.02 Å². The third-order valence-electron chi connectivity index (χ3n) is 6.28. The maximum Gasteiger partial charge on any atom is 0.338 e. The molecule has 4 amide bonds. The van der Waals surface area contributed by atoms with Crippen LogP contribution in [0.25, 0.3) is 0 Å². The van der Waals surface area contributed by atoms with Crippen molar-refractivity contribution >= 4 is 29.6 Å². The van der Waals surface area contributed by atoms with Crippen LogP contribution >= 0.6 is 11.6 Å². The lowest BCUT2D eigenvalue weighted by molar-refractivity contribution is -0.139. The van der Waals surface area contributed by atoms with E-state index in [1.807, 2.05) is 32.6 Å². The van der Waals surface area contributed by atoms with Crippen LogP contribution in [0.1, 0.15) is 46.2 Å². The quantitative estimate of drug-likeness (QED) is 0.411. The van der Waals surface area contributed by atoms with Crippen LogP contribution in [0.15, 0.2) is 48.2 Å². The van der Waals surface area contributed by atoms with Crippen molar-refractivity contribution in [2.45, 2.75) is 52.2 Å². The first-order valence-electron chi connectivity index (χ1n) is 12.6. The molecule has 202 valence electrons. The first kappa shape index (κ1) is 28.5. The molecule has 2 aliphatic rings. The number of esters is 1. The van der Waals surface area contributed by atoms with Gasteiger partial charge in [0.05, 0.1) is 18.2 Å². The summed E-state index contributed by atoms with van der Waals surface area (Å²) in [7, 11) is 0. The van der Waals surface area contributed by atoms with E-state index in [4.69, 9.17) is 16.3 Å². The Balaban J connectivity index is 1.95. The maximum absolute atomic E-state index is 13.3. The first-order valence-corrected chi connectivity index (χ1v) is 13.0. The molecule has 2 unspecified atom stereocenters. The van der Waals surface area contributed by atoms with Crippen LogP contribution in [0.3, 0.4) is 0 Å². The van der Waals surface area contributed by atoms with Gasteiger partial charge < -0.3 is 20.3 Å². The van der Waals surface area contributed by atoms with Gasteiger partial charge in [-0.2, -0.15) is 0 Å². The van der Waals surface area contributed by atoms with Crippen LogP contribution in [0.4, 0.5) is 9.59 Å². The van der Waals surface area contributed by atoms with Crippen molar-refractivity contribution in [1.29, 1.82) is 0 Å². The molecule has 10 heteroatoms. The zero-order valence-electron chi connectivity index (χ0n) is 22.3. The molecule has 0 aliphatic carbocycles. The molecule has 2 aliphatic heterocycles. The minimum atomic E-state index is -0.684. The number of hydrogen-bond donors (Lipinski definition) is 2. The first-order chi connectivity index (χ1) is 17.4. The van der Waals surface area contributed by atoms with Crippen molar-refractivity contribution < 1.29 is 19.1 Å². The van der Waals surface area contributed by atoms with E-state index < -0.39 is 12.0 Å². The lowest BCUT2D eigenvalue weighted by atomic mass is 9.94. The minimum absolute atomic E-state index is 0.0555.